The van der Waals surface area contributed by atoms with Gasteiger partial charge in [-0.05, 0) is 30.5 Å². The Balaban J connectivity index is 1.90. The summed E-state index contributed by atoms with van der Waals surface area (Å²) in [6, 6.07) is 8.21. The van der Waals surface area contributed by atoms with Crippen molar-refractivity contribution in [2.45, 2.75) is 25.3 Å². The Bertz CT molecular complexity index is 545. The van der Waals surface area contributed by atoms with Gasteiger partial charge < -0.3 is 5.73 Å². The molecule has 0 bridgehead atoms. The molecular formula is C12H13BrN4. The van der Waals surface area contributed by atoms with Crippen LogP contribution in [0.4, 0.5) is 5.82 Å². The normalized spacial score (nSPS) is 15.1. The highest BCUT2D eigenvalue weighted by atomic mass is 79.9. The van der Waals surface area contributed by atoms with Crippen LogP contribution in [0.1, 0.15) is 30.0 Å². The Kier molecular flexibility index (Phi) is 2.63. The van der Waals surface area contributed by atoms with Gasteiger partial charge in [-0.25, -0.2) is 4.68 Å². The van der Waals surface area contributed by atoms with Gasteiger partial charge in [0.05, 0.1) is 12.2 Å². The molecule has 0 radical (unpaired) electrons. The highest BCUT2D eigenvalue weighted by Gasteiger charge is 2.30. The monoisotopic (exact) mass is 292 g/mol. The first-order valence-corrected chi connectivity index (χ1v) is 6.46. The van der Waals surface area contributed by atoms with Gasteiger partial charge in [-0.1, -0.05) is 33.3 Å². The zero-order valence-electron chi connectivity index (χ0n) is 9.31. The van der Waals surface area contributed by atoms with E-state index in [9.17, 15) is 0 Å². The molecule has 1 fully saturated rings. The predicted octanol–water partition coefficient (Wildman–Crippen LogP) is 2.55. The number of nitrogens with two attached hydrogens (primary N) is 1. The van der Waals surface area contributed by atoms with E-state index in [4.69, 9.17) is 5.73 Å². The van der Waals surface area contributed by atoms with Crippen molar-refractivity contribution in [2.24, 2.45) is 0 Å². The van der Waals surface area contributed by atoms with Gasteiger partial charge >= 0.3 is 0 Å². The van der Waals surface area contributed by atoms with Gasteiger partial charge in [-0.3, -0.25) is 0 Å². The number of anilines is 1. The van der Waals surface area contributed by atoms with Crippen molar-refractivity contribution in [3.8, 4) is 0 Å². The van der Waals surface area contributed by atoms with Crippen LogP contribution in [0, 0.1) is 0 Å². The largest absolute Gasteiger partial charge is 0.381 e. The number of nitrogen functional groups attached to an aromatic ring is 1. The van der Waals surface area contributed by atoms with E-state index >= 15 is 0 Å². The van der Waals surface area contributed by atoms with Crippen LogP contribution in [0.15, 0.2) is 28.7 Å². The summed E-state index contributed by atoms with van der Waals surface area (Å²) < 4.78 is 3.01. The first kappa shape index (κ1) is 10.8. The molecule has 1 heterocycles. The number of aromatic nitrogens is 3. The lowest BCUT2D eigenvalue weighted by molar-refractivity contribution is 0.619. The average molecular weight is 293 g/mol. The number of halogens is 1. The molecule has 0 aliphatic heterocycles. The van der Waals surface area contributed by atoms with Crippen molar-refractivity contribution in [3.63, 3.8) is 0 Å². The minimum Gasteiger partial charge on any atom is -0.381 e. The molecule has 0 atom stereocenters. The van der Waals surface area contributed by atoms with Crippen molar-refractivity contribution in [3.05, 3.63) is 40.0 Å². The van der Waals surface area contributed by atoms with Crippen molar-refractivity contribution < 1.29 is 0 Å². The molecule has 1 aliphatic carbocycles. The second-order valence-electron chi connectivity index (χ2n) is 4.42. The number of nitrogens with zero attached hydrogens (tertiary/aromatic N) is 3. The highest BCUT2D eigenvalue weighted by Crippen LogP contribution is 2.42. The molecule has 0 saturated heterocycles. The molecule has 0 amide bonds. The van der Waals surface area contributed by atoms with Crippen LogP contribution in [-0.2, 0) is 6.54 Å². The van der Waals surface area contributed by atoms with Gasteiger partial charge in [0.2, 0.25) is 0 Å². The lowest BCUT2D eigenvalue weighted by Gasteiger charge is -2.06. The topological polar surface area (TPSA) is 56.7 Å². The van der Waals surface area contributed by atoms with E-state index in [2.05, 4.69) is 38.4 Å². The molecule has 0 unspecified atom stereocenters. The molecule has 2 N–H and O–H groups in total. The van der Waals surface area contributed by atoms with E-state index in [1.807, 2.05) is 16.8 Å². The van der Waals surface area contributed by atoms with Crippen molar-refractivity contribution in [1.29, 1.82) is 0 Å². The van der Waals surface area contributed by atoms with Crippen LogP contribution < -0.4 is 5.73 Å². The van der Waals surface area contributed by atoms with Crippen LogP contribution in [0.5, 0.6) is 0 Å². The van der Waals surface area contributed by atoms with Crippen molar-refractivity contribution in [1.82, 2.24) is 15.0 Å². The first-order chi connectivity index (χ1) is 8.24. The van der Waals surface area contributed by atoms with E-state index < -0.39 is 0 Å². The molecule has 1 aromatic heterocycles. The Labute approximate surface area is 108 Å². The van der Waals surface area contributed by atoms with E-state index in [-0.39, 0.29) is 0 Å². The maximum Gasteiger partial charge on any atom is 0.169 e. The maximum absolute atomic E-state index is 5.86. The number of hydrogen-bond donors (Lipinski definition) is 1. The summed E-state index contributed by atoms with van der Waals surface area (Å²) in [6.07, 6.45) is 2.41. The standard InChI is InChI=1S/C12H13BrN4/c13-10-3-1-2-8(6-10)7-17-11(9-4-5-9)12(14)15-16-17/h1-3,6,9H,4-5,7,14H2. The molecule has 1 aliphatic rings. The van der Waals surface area contributed by atoms with Crippen LogP contribution in [0.25, 0.3) is 0 Å². The Hall–Kier alpha value is -1.36. The zero-order valence-corrected chi connectivity index (χ0v) is 10.9. The molecule has 2 aromatic rings. The van der Waals surface area contributed by atoms with E-state index in [0.29, 0.717) is 11.7 Å². The molecule has 3 rings (SSSR count). The molecule has 17 heavy (non-hydrogen) atoms. The third-order valence-corrected chi connectivity index (χ3v) is 3.48. The third kappa shape index (κ3) is 2.20. The minimum atomic E-state index is 0.567. The zero-order chi connectivity index (χ0) is 11.8. The third-order valence-electron chi connectivity index (χ3n) is 2.99. The van der Waals surface area contributed by atoms with Crippen LogP contribution in [0.2, 0.25) is 0 Å². The molecule has 88 valence electrons. The summed E-state index contributed by atoms with van der Waals surface area (Å²) in [4.78, 5) is 0. The van der Waals surface area contributed by atoms with Crippen molar-refractivity contribution >= 4 is 21.7 Å². The predicted molar refractivity (Wildman–Crippen MR) is 69.7 cm³/mol. The van der Waals surface area contributed by atoms with Gasteiger partial charge in [0.15, 0.2) is 5.82 Å². The summed E-state index contributed by atoms with van der Waals surface area (Å²) in [5, 5.41) is 8.10. The Morgan fingerprint density at radius 2 is 2.24 bits per heavy atom. The second-order valence-corrected chi connectivity index (χ2v) is 5.34. The van der Waals surface area contributed by atoms with Gasteiger partial charge in [0, 0.05) is 10.4 Å². The quantitative estimate of drug-likeness (QED) is 0.946. The fourth-order valence-electron chi connectivity index (χ4n) is 2.04. The fraction of sp³-hybridized carbons (Fsp3) is 0.333. The molecule has 1 saturated carbocycles. The Morgan fingerprint density at radius 1 is 1.41 bits per heavy atom. The SMILES string of the molecule is Nc1nnn(Cc2cccc(Br)c2)c1C1CC1. The molecule has 5 heteroatoms. The molecular weight excluding hydrogens is 280 g/mol. The second kappa shape index (κ2) is 4.14. The Morgan fingerprint density at radius 3 is 2.94 bits per heavy atom. The highest BCUT2D eigenvalue weighted by molar-refractivity contribution is 9.10. The van der Waals surface area contributed by atoms with Crippen molar-refractivity contribution in [2.75, 3.05) is 5.73 Å². The summed E-state index contributed by atoms with van der Waals surface area (Å²) >= 11 is 3.47. The lowest BCUT2D eigenvalue weighted by atomic mass is 10.2. The van der Waals surface area contributed by atoms with Gasteiger partial charge in [0.1, 0.15) is 0 Å². The van der Waals surface area contributed by atoms with E-state index in [1.165, 1.54) is 18.4 Å². The van der Waals surface area contributed by atoms with Gasteiger partial charge in [-0.2, -0.15) is 0 Å². The van der Waals surface area contributed by atoms with Crippen LogP contribution in [0.3, 0.4) is 0 Å². The fourth-order valence-corrected chi connectivity index (χ4v) is 2.48. The minimum absolute atomic E-state index is 0.567. The first-order valence-electron chi connectivity index (χ1n) is 5.67. The van der Waals surface area contributed by atoms with E-state index in [0.717, 1.165) is 16.7 Å². The van der Waals surface area contributed by atoms with Gasteiger partial charge in [0.25, 0.3) is 0 Å². The number of benzene rings is 1. The summed E-state index contributed by atoms with van der Waals surface area (Å²) in [5.41, 5.74) is 8.16. The average Bonchev–Trinajstić information content (AvgIpc) is 3.05. The molecule has 0 spiro atoms. The smallest absolute Gasteiger partial charge is 0.169 e. The number of rotatable bonds is 3. The summed E-state index contributed by atoms with van der Waals surface area (Å²) in [6.45, 7) is 0.732. The summed E-state index contributed by atoms with van der Waals surface area (Å²) in [5.74, 6) is 1.15. The number of hydrogen-bond acceptors (Lipinski definition) is 3. The molecule has 1 aromatic carbocycles. The molecule has 4 nitrogen and oxygen atoms in total. The van der Waals surface area contributed by atoms with Crippen LogP contribution in [-0.4, -0.2) is 15.0 Å². The lowest BCUT2D eigenvalue weighted by Crippen LogP contribution is -2.06. The van der Waals surface area contributed by atoms with Crippen LogP contribution >= 0.6 is 15.9 Å². The maximum atomic E-state index is 5.86. The van der Waals surface area contributed by atoms with E-state index in [1.54, 1.807) is 0 Å². The summed E-state index contributed by atoms with van der Waals surface area (Å²) in [7, 11) is 0. The van der Waals surface area contributed by atoms with Gasteiger partial charge in [-0.15, -0.1) is 5.10 Å².